The van der Waals surface area contributed by atoms with E-state index in [4.69, 9.17) is 0 Å². The molecule has 156 valence electrons. The van der Waals surface area contributed by atoms with Crippen molar-refractivity contribution in [2.75, 3.05) is 10.2 Å². The van der Waals surface area contributed by atoms with E-state index in [1.54, 1.807) is 43.0 Å². The highest BCUT2D eigenvalue weighted by Crippen LogP contribution is 2.23. The Kier molecular flexibility index (Phi) is 6.36. The summed E-state index contributed by atoms with van der Waals surface area (Å²) in [5.74, 6) is -1.36. The van der Waals surface area contributed by atoms with Crippen LogP contribution in [0.2, 0.25) is 0 Å². The monoisotopic (exact) mass is 426 g/mol. The summed E-state index contributed by atoms with van der Waals surface area (Å²) in [5.41, 5.74) is 2.85. The van der Waals surface area contributed by atoms with Crippen LogP contribution in [0.4, 0.5) is 11.4 Å². The third kappa shape index (κ3) is 4.60. The van der Waals surface area contributed by atoms with Crippen LogP contribution < -0.4 is 10.2 Å². The van der Waals surface area contributed by atoms with Gasteiger partial charge in [0.15, 0.2) is 0 Å². The summed E-state index contributed by atoms with van der Waals surface area (Å²) in [6.07, 6.45) is 0. The fourth-order valence-electron chi connectivity index (χ4n) is 3.06. The number of carbonyl (C=O) groups is 2. The van der Waals surface area contributed by atoms with Gasteiger partial charge in [-0.2, -0.15) is 4.68 Å². The summed E-state index contributed by atoms with van der Waals surface area (Å²) in [6, 6.07) is 12.7. The number of nitrogens with one attached hydrogen (secondary N) is 1. The van der Waals surface area contributed by atoms with Crippen LogP contribution in [0, 0.1) is 6.92 Å². The number of aryl methyl sites for hydroxylation is 1. The second kappa shape index (κ2) is 8.95. The van der Waals surface area contributed by atoms with Crippen molar-refractivity contribution in [1.29, 1.82) is 0 Å². The van der Waals surface area contributed by atoms with E-state index >= 15 is 0 Å². The number of thiol groups is 1. The average Bonchev–Trinajstić information content (AvgIpc) is 3.15. The zero-order valence-electron chi connectivity index (χ0n) is 16.7. The number of amides is 1. The van der Waals surface area contributed by atoms with Gasteiger partial charge in [-0.05, 0) is 61.5 Å². The summed E-state index contributed by atoms with van der Waals surface area (Å²) >= 11 is 4.19. The second-order valence-electron chi connectivity index (χ2n) is 6.86. The van der Waals surface area contributed by atoms with Crippen molar-refractivity contribution in [3.63, 3.8) is 0 Å². The third-order valence-corrected chi connectivity index (χ3v) is 4.99. The number of benzene rings is 2. The zero-order valence-corrected chi connectivity index (χ0v) is 17.6. The minimum absolute atomic E-state index is 0.313. The molecule has 9 nitrogen and oxygen atoms in total. The number of nitrogens with zero attached hydrogens (tertiary/aromatic N) is 5. The first-order chi connectivity index (χ1) is 14.3. The third-order valence-electron chi connectivity index (χ3n) is 4.71. The summed E-state index contributed by atoms with van der Waals surface area (Å²) in [4.78, 5) is 26.2. The second-order valence-corrected chi connectivity index (χ2v) is 7.26. The summed E-state index contributed by atoms with van der Waals surface area (Å²) < 4.78 is 1.42. The number of hydrogen-bond donors (Lipinski definition) is 3. The Balaban J connectivity index is 1.84. The highest BCUT2D eigenvalue weighted by atomic mass is 32.1. The molecule has 2 N–H and O–H groups in total. The standard InChI is InChI=1S/C20H22N6O3S/c1-12-7-9-16(10-8-12)25(14(3)19(28)29)13(2)18(27)21-15-5-4-6-17(11-15)26-20(30)22-23-24-26/h4-11,13-14H,1-3H3,(H,21,27)(H,28,29)(H,22,24,30). The molecule has 1 heterocycles. The van der Waals surface area contributed by atoms with E-state index in [1.807, 2.05) is 31.2 Å². The lowest BCUT2D eigenvalue weighted by Crippen LogP contribution is -2.50. The largest absolute Gasteiger partial charge is 0.480 e. The summed E-state index contributed by atoms with van der Waals surface area (Å²) in [6.45, 7) is 5.17. The van der Waals surface area contributed by atoms with Gasteiger partial charge in [0.1, 0.15) is 12.1 Å². The Hall–Kier alpha value is -3.40. The Morgan fingerprint density at radius 2 is 1.83 bits per heavy atom. The van der Waals surface area contributed by atoms with E-state index in [1.165, 1.54) is 4.68 Å². The molecule has 0 spiro atoms. The fourth-order valence-corrected chi connectivity index (χ4v) is 3.25. The molecule has 10 heteroatoms. The molecule has 0 radical (unpaired) electrons. The van der Waals surface area contributed by atoms with E-state index in [9.17, 15) is 14.7 Å². The van der Waals surface area contributed by atoms with E-state index in [2.05, 4.69) is 33.5 Å². The molecule has 3 aromatic rings. The van der Waals surface area contributed by atoms with Gasteiger partial charge in [-0.15, -0.1) is 17.7 Å². The van der Waals surface area contributed by atoms with Gasteiger partial charge >= 0.3 is 5.97 Å². The molecular formula is C20H22N6O3S. The van der Waals surface area contributed by atoms with Crippen LogP contribution in [-0.4, -0.2) is 49.3 Å². The zero-order chi connectivity index (χ0) is 21.8. The van der Waals surface area contributed by atoms with Crippen molar-refractivity contribution in [2.45, 2.75) is 38.0 Å². The topological polar surface area (TPSA) is 113 Å². The highest BCUT2D eigenvalue weighted by Gasteiger charge is 2.30. The summed E-state index contributed by atoms with van der Waals surface area (Å²) in [5, 5.41) is 23.8. The predicted octanol–water partition coefficient (Wildman–Crippen LogP) is 2.57. The first-order valence-electron chi connectivity index (χ1n) is 9.24. The first-order valence-corrected chi connectivity index (χ1v) is 9.69. The van der Waals surface area contributed by atoms with Crippen molar-refractivity contribution in [1.82, 2.24) is 20.2 Å². The van der Waals surface area contributed by atoms with E-state index in [-0.39, 0.29) is 5.91 Å². The number of hydrogen-bond acceptors (Lipinski definition) is 7. The normalized spacial score (nSPS) is 12.8. The molecule has 0 aliphatic rings. The fraction of sp³-hybridized carbons (Fsp3) is 0.250. The van der Waals surface area contributed by atoms with Gasteiger partial charge in [0.2, 0.25) is 11.1 Å². The minimum Gasteiger partial charge on any atom is -0.480 e. The Morgan fingerprint density at radius 1 is 1.13 bits per heavy atom. The van der Waals surface area contributed by atoms with Crippen LogP contribution in [0.3, 0.4) is 0 Å². The van der Waals surface area contributed by atoms with E-state index < -0.39 is 18.1 Å². The lowest BCUT2D eigenvalue weighted by molar-refractivity contribution is -0.138. The number of anilines is 2. The van der Waals surface area contributed by atoms with Gasteiger partial charge in [-0.25, -0.2) is 4.79 Å². The van der Waals surface area contributed by atoms with Crippen molar-refractivity contribution < 1.29 is 14.7 Å². The van der Waals surface area contributed by atoms with Crippen molar-refractivity contribution in [3.8, 4) is 5.69 Å². The number of carboxylic acid groups (broad SMARTS) is 1. The molecule has 1 aromatic heterocycles. The number of rotatable bonds is 7. The molecule has 2 atom stereocenters. The van der Waals surface area contributed by atoms with Crippen molar-refractivity contribution in [3.05, 3.63) is 54.1 Å². The highest BCUT2D eigenvalue weighted by molar-refractivity contribution is 7.80. The Bertz CT molecular complexity index is 1050. The van der Waals surface area contributed by atoms with Gasteiger partial charge in [-0.1, -0.05) is 23.8 Å². The van der Waals surface area contributed by atoms with Gasteiger partial charge in [0.05, 0.1) is 5.69 Å². The SMILES string of the molecule is Cc1ccc(N(C(C)C(=O)O)C(C)C(=O)Nc2cccc(-n3nnnc3S)c2)cc1. The summed E-state index contributed by atoms with van der Waals surface area (Å²) in [7, 11) is 0. The molecule has 0 fully saturated rings. The number of aromatic nitrogens is 4. The van der Waals surface area contributed by atoms with E-state index in [0.717, 1.165) is 5.56 Å². The van der Waals surface area contributed by atoms with Crippen LogP contribution in [0.25, 0.3) is 5.69 Å². The molecule has 2 unspecified atom stereocenters. The van der Waals surface area contributed by atoms with Crippen LogP contribution in [0.1, 0.15) is 19.4 Å². The molecular weight excluding hydrogens is 404 g/mol. The minimum atomic E-state index is -1.02. The molecule has 0 aliphatic carbocycles. The maximum Gasteiger partial charge on any atom is 0.326 e. The molecule has 3 rings (SSSR count). The number of aliphatic carboxylic acids is 1. The van der Waals surface area contributed by atoms with Gasteiger partial charge in [-0.3, -0.25) is 4.79 Å². The molecule has 30 heavy (non-hydrogen) atoms. The quantitative estimate of drug-likeness (QED) is 0.498. The van der Waals surface area contributed by atoms with Crippen molar-refractivity contribution >= 4 is 35.9 Å². The maximum absolute atomic E-state index is 13.0. The first kappa shape index (κ1) is 21.3. The van der Waals surface area contributed by atoms with Crippen LogP contribution in [0.5, 0.6) is 0 Å². The average molecular weight is 427 g/mol. The predicted molar refractivity (Wildman–Crippen MR) is 115 cm³/mol. The maximum atomic E-state index is 13.0. The smallest absolute Gasteiger partial charge is 0.326 e. The Morgan fingerprint density at radius 3 is 2.43 bits per heavy atom. The number of carbonyl (C=O) groups excluding carboxylic acids is 1. The van der Waals surface area contributed by atoms with Crippen molar-refractivity contribution in [2.24, 2.45) is 0 Å². The van der Waals surface area contributed by atoms with Gasteiger partial charge in [0, 0.05) is 11.4 Å². The number of tetrazole rings is 1. The van der Waals surface area contributed by atoms with Gasteiger partial charge < -0.3 is 15.3 Å². The molecule has 0 aliphatic heterocycles. The van der Waals surface area contributed by atoms with Crippen LogP contribution in [-0.2, 0) is 9.59 Å². The molecule has 1 amide bonds. The molecule has 0 saturated carbocycles. The van der Waals surface area contributed by atoms with Gasteiger partial charge in [0.25, 0.3) is 0 Å². The van der Waals surface area contributed by atoms with E-state index in [0.29, 0.717) is 22.2 Å². The Labute approximate surface area is 179 Å². The van der Waals surface area contributed by atoms with Crippen LogP contribution >= 0.6 is 12.6 Å². The lowest BCUT2D eigenvalue weighted by Gasteiger charge is -2.33. The number of carboxylic acids is 1. The lowest BCUT2D eigenvalue weighted by atomic mass is 10.1. The molecule has 0 saturated heterocycles. The van der Waals surface area contributed by atoms with Crippen LogP contribution in [0.15, 0.2) is 53.7 Å². The molecule has 0 bridgehead atoms. The molecule has 2 aromatic carbocycles.